The summed E-state index contributed by atoms with van der Waals surface area (Å²) in [6, 6.07) is 21.5. The molecule has 4 rings (SSSR count). The Hall–Kier alpha value is -1.64. The first-order chi connectivity index (χ1) is 17.3. The van der Waals surface area contributed by atoms with Crippen molar-refractivity contribution >= 4 is 0 Å². The maximum Gasteiger partial charge on any atom is 0.108 e. The molecule has 0 radical (unpaired) electrons. The Bertz CT molecular complexity index is 835. The quantitative estimate of drug-likeness (QED) is 0.238. The minimum atomic E-state index is 0.0450. The van der Waals surface area contributed by atoms with E-state index in [0.29, 0.717) is 6.10 Å². The highest BCUT2D eigenvalue weighted by atomic mass is 16.5. The molecule has 0 saturated carbocycles. The number of piperidine rings is 1. The third-order valence-electron chi connectivity index (χ3n) is 8.43. The van der Waals surface area contributed by atoms with Gasteiger partial charge in [0.25, 0.3) is 0 Å². The predicted molar refractivity (Wildman–Crippen MR) is 149 cm³/mol. The lowest BCUT2D eigenvalue weighted by molar-refractivity contribution is -0.0485. The third-order valence-corrected chi connectivity index (χ3v) is 8.43. The summed E-state index contributed by atoms with van der Waals surface area (Å²) >= 11 is 0. The standard InChI is InChI=1S/C33H49NO/c1-3-5-7-8-9-10-12-17-27-18-15-16-21-32(27)33(28-19-13-11-14-20-28)35-31-25-29-22-23-30(26-31)34(29)24-6-4-2/h11,13-16,18-21,29-31,33H,3-10,12,17,22-26H2,1-2H3/t29-,30+,31?,33?. The number of hydrogen-bond donors (Lipinski definition) is 0. The van der Waals surface area contributed by atoms with Gasteiger partial charge in [0.15, 0.2) is 0 Å². The highest BCUT2D eigenvalue weighted by Gasteiger charge is 2.41. The van der Waals surface area contributed by atoms with Crippen LogP contribution < -0.4 is 0 Å². The number of aryl methyl sites for hydroxylation is 1. The fourth-order valence-electron chi connectivity index (χ4n) is 6.48. The van der Waals surface area contributed by atoms with Crippen molar-refractivity contribution in [3.63, 3.8) is 0 Å². The van der Waals surface area contributed by atoms with Crippen molar-refractivity contribution in [2.24, 2.45) is 0 Å². The fourth-order valence-corrected chi connectivity index (χ4v) is 6.48. The molecule has 2 aromatic carbocycles. The van der Waals surface area contributed by atoms with Crippen LogP contribution in [0.4, 0.5) is 0 Å². The number of ether oxygens (including phenoxy) is 1. The van der Waals surface area contributed by atoms with Gasteiger partial charge in [0.05, 0.1) is 6.10 Å². The Kier molecular flexibility index (Phi) is 10.7. The van der Waals surface area contributed by atoms with Crippen LogP contribution in [0.1, 0.15) is 120 Å². The van der Waals surface area contributed by atoms with Crippen LogP contribution >= 0.6 is 0 Å². The van der Waals surface area contributed by atoms with Crippen LogP contribution in [0.15, 0.2) is 54.6 Å². The van der Waals surface area contributed by atoms with Crippen LogP contribution in [0.25, 0.3) is 0 Å². The van der Waals surface area contributed by atoms with Crippen molar-refractivity contribution in [3.05, 3.63) is 71.3 Å². The average molecular weight is 476 g/mol. The first kappa shape index (κ1) is 26.4. The molecule has 2 bridgehead atoms. The summed E-state index contributed by atoms with van der Waals surface area (Å²) in [5.41, 5.74) is 4.18. The van der Waals surface area contributed by atoms with E-state index in [9.17, 15) is 0 Å². The Labute approximate surface area is 215 Å². The van der Waals surface area contributed by atoms with Gasteiger partial charge >= 0.3 is 0 Å². The summed E-state index contributed by atoms with van der Waals surface area (Å²) in [5.74, 6) is 0. The molecule has 2 nitrogen and oxygen atoms in total. The molecule has 4 atom stereocenters. The molecule has 0 amide bonds. The second-order valence-corrected chi connectivity index (χ2v) is 11.1. The van der Waals surface area contributed by atoms with E-state index in [2.05, 4.69) is 73.3 Å². The van der Waals surface area contributed by atoms with E-state index in [1.54, 1.807) is 0 Å². The smallest absolute Gasteiger partial charge is 0.108 e. The van der Waals surface area contributed by atoms with E-state index in [-0.39, 0.29) is 6.10 Å². The van der Waals surface area contributed by atoms with Gasteiger partial charge in [0.2, 0.25) is 0 Å². The fraction of sp³-hybridized carbons (Fsp3) is 0.636. The van der Waals surface area contributed by atoms with Crippen molar-refractivity contribution < 1.29 is 4.74 Å². The van der Waals surface area contributed by atoms with Crippen molar-refractivity contribution in [1.82, 2.24) is 4.90 Å². The van der Waals surface area contributed by atoms with Crippen molar-refractivity contribution in [1.29, 1.82) is 0 Å². The first-order valence-electron chi connectivity index (χ1n) is 14.8. The minimum Gasteiger partial charge on any atom is -0.365 e. The molecule has 2 heteroatoms. The van der Waals surface area contributed by atoms with Gasteiger partial charge in [0.1, 0.15) is 6.10 Å². The number of rotatable bonds is 15. The van der Waals surface area contributed by atoms with Crippen LogP contribution in [-0.4, -0.2) is 29.6 Å². The van der Waals surface area contributed by atoms with Crippen LogP contribution in [0.5, 0.6) is 0 Å². The van der Waals surface area contributed by atoms with Crippen LogP contribution in [0.3, 0.4) is 0 Å². The van der Waals surface area contributed by atoms with Gasteiger partial charge in [-0.05, 0) is 68.2 Å². The molecule has 2 aliphatic rings. The maximum absolute atomic E-state index is 7.08. The summed E-state index contributed by atoms with van der Waals surface area (Å²) < 4.78 is 7.08. The highest BCUT2D eigenvalue weighted by Crippen LogP contribution is 2.40. The van der Waals surface area contributed by atoms with Crippen molar-refractivity contribution in [3.8, 4) is 0 Å². The molecule has 0 spiro atoms. The van der Waals surface area contributed by atoms with E-state index in [0.717, 1.165) is 18.5 Å². The van der Waals surface area contributed by atoms with Gasteiger partial charge in [-0.25, -0.2) is 0 Å². The largest absolute Gasteiger partial charge is 0.365 e. The second-order valence-electron chi connectivity index (χ2n) is 11.1. The summed E-state index contributed by atoms with van der Waals surface area (Å²) in [7, 11) is 0. The number of nitrogens with zero attached hydrogens (tertiary/aromatic N) is 1. The number of hydrogen-bond acceptors (Lipinski definition) is 2. The lowest BCUT2D eigenvalue weighted by Crippen LogP contribution is -2.46. The summed E-state index contributed by atoms with van der Waals surface area (Å²) in [4.78, 5) is 2.81. The predicted octanol–water partition coefficient (Wildman–Crippen LogP) is 8.88. The van der Waals surface area contributed by atoms with Crippen LogP contribution in [-0.2, 0) is 11.2 Å². The van der Waals surface area contributed by atoms with Gasteiger partial charge in [-0.15, -0.1) is 0 Å². The van der Waals surface area contributed by atoms with Crippen LogP contribution in [0.2, 0.25) is 0 Å². The zero-order chi connectivity index (χ0) is 24.3. The van der Waals surface area contributed by atoms with E-state index < -0.39 is 0 Å². The van der Waals surface area contributed by atoms with E-state index in [1.165, 1.54) is 107 Å². The average Bonchev–Trinajstić information content (AvgIpc) is 3.13. The molecular formula is C33H49NO. The molecular weight excluding hydrogens is 426 g/mol. The van der Waals surface area contributed by atoms with E-state index in [1.807, 2.05) is 0 Å². The van der Waals surface area contributed by atoms with Gasteiger partial charge < -0.3 is 4.74 Å². The van der Waals surface area contributed by atoms with Crippen LogP contribution in [0, 0.1) is 0 Å². The minimum absolute atomic E-state index is 0.0450. The third kappa shape index (κ3) is 7.43. The number of fused-ring (bicyclic) bond motifs is 2. The molecule has 0 aromatic heterocycles. The molecule has 2 heterocycles. The maximum atomic E-state index is 7.08. The van der Waals surface area contributed by atoms with Gasteiger partial charge in [0, 0.05) is 12.1 Å². The molecule has 2 fully saturated rings. The van der Waals surface area contributed by atoms with Gasteiger partial charge in [-0.3, -0.25) is 4.90 Å². The van der Waals surface area contributed by atoms with Gasteiger partial charge in [-0.2, -0.15) is 0 Å². The first-order valence-corrected chi connectivity index (χ1v) is 14.8. The summed E-state index contributed by atoms with van der Waals surface area (Å²) in [6.07, 6.45) is 18.8. The summed E-state index contributed by atoms with van der Waals surface area (Å²) in [5, 5.41) is 0. The Morgan fingerprint density at radius 1 is 0.743 bits per heavy atom. The summed E-state index contributed by atoms with van der Waals surface area (Å²) in [6.45, 7) is 5.89. The molecule has 0 aliphatic carbocycles. The zero-order valence-corrected chi connectivity index (χ0v) is 22.5. The second kappa shape index (κ2) is 14.2. The molecule has 35 heavy (non-hydrogen) atoms. The normalized spacial score (nSPS) is 23.0. The Morgan fingerprint density at radius 3 is 2.09 bits per heavy atom. The SMILES string of the molecule is CCCCCCCCCc1ccccc1C(OC1C[C@H]2CC[C@@H](C1)N2CCCC)c1ccccc1. The number of unbranched alkanes of at least 4 members (excludes halogenated alkanes) is 7. The molecule has 192 valence electrons. The molecule has 2 saturated heterocycles. The monoisotopic (exact) mass is 475 g/mol. The highest BCUT2D eigenvalue weighted by molar-refractivity contribution is 5.36. The topological polar surface area (TPSA) is 12.5 Å². The Balaban J connectivity index is 1.43. The Morgan fingerprint density at radius 2 is 1.37 bits per heavy atom. The lowest BCUT2D eigenvalue weighted by atomic mass is 9.92. The van der Waals surface area contributed by atoms with E-state index >= 15 is 0 Å². The van der Waals surface area contributed by atoms with E-state index in [4.69, 9.17) is 4.74 Å². The number of benzene rings is 2. The van der Waals surface area contributed by atoms with Gasteiger partial charge in [-0.1, -0.05) is 113 Å². The molecule has 2 unspecified atom stereocenters. The molecule has 2 aromatic rings. The van der Waals surface area contributed by atoms with Crippen molar-refractivity contribution in [2.75, 3.05) is 6.54 Å². The molecule has 0 N–H and O–H groups in total. The van der Waals surface area contributed by atoms with Crippen molar-refractivity contribution in [2.45, 2.75) is 128 Å². The molecule has 2 aliphatic heterocycles. The lowest BCUT2D eigenvalue weighted by Gasteiger charge is -2.40. The zero-order valence-electron chi connectivity index (χ0n) is 22.5.